The number of nitro benzene ring substituents is 1. The van der Waals surface area contributed by atoms with Crippen molar-refractivity contribution < 1.29 is 14.5 Å². The van der Waals surface area contributed by atoms with Crippen LogP contribution in [-0.4, -0.2) is 24.0 Å². The van der Waals surface area contributed by atoms with Gasteiger partial charge >= 0.3 is 0 Å². The second kappa shape index (κ2) is 6.00. The largest absolute Gasteiger partial charge is 0.496 e. The molecule has 98 valence electrons. The summed E-state index contributed by atoms with van der Waals surface area (Å²) in [5.74, 6) is -0.0962. The standard InChI is InChI=1S/C12H16N2O4/c1-4-8(2)13-12(15)10-6-5-9(14(16)17)7-11(10)18-3/h5-8H,4H2,1-3H3,(H,13,15). The fourth-order valence-corrected chi connectivity index (χ4v) is 1.38. The molecule has 0 bridgehead atoms. The quantitative estimate of drug-likeness (QED) is 0.643. The minimum absolute atomic E-state index is 0.0393. The number of nitro groups is 1. The highest BCUT2D eigenvalue weighted by molar-refractivity contribution is 5.97. The smallest absolute Gasteiger partial charge is 0.273 e. The lowest BCUT2D eigenvalue weighted by atomic mass is 10.1. The summed E-state index contributed by atoms with van der Waals surface area (Å²) in [6.07, 6.45) is 0.807. The fraction of sp³-hybridized carbons (Fsp3) is 0.417. The molecule has 0 aliphatic rings. The Morgan fingerprint density at radius 3 is 2.72 bits per heavy atom. The maximum absolute atomic E-state index is 11.9. The van der Waals surface area contributed by atoms with Crippen LogP contribution in [0.3, 0.4) is 0 Å². The van der Waals surface area contributed by atoms with Crippen LogP contribution < -0.4 is 10.1 Å². The van der Waals surface area contributed by atoms with E-state index in [4.69, 9.17) is 4.74 Å². The van der Waals surface area contributed by atoms with Gasteiger partial charge in [0.1, 0.15) is 5.75 Å². The molecular weight excluding hydrogens is 236 g/mol. The third-order valence-electron chi connectivity index (χ3n) is 2.63. The maximum atomic E-state index is 11.9. The molecule has 1 aromatic carbocycles. The lowest BCUT2D eigenvalue weighted by Gasteiger charge is -2.13. The van der Waals surface area contributed by atoms with Crippen LogP contribution in [0.1, 0.15) is 30.6 Å². The molecule has 0 aliphatic heterocycles. The lowest BCUT2D eigenvalue weighted by molar-refractivity contribution is -0.384. The van der Waals surface area contributed by atoms with Crippen LogP contribution in [0.2, 0.25) is 0 Å². The Bertz CT molecular complexity index is 459. The number of hydrogen-bond acceptors (Lipinski definition) is 4. The van der Waals surface area contributed by atoms with E-state index in [1.54, 1.807) is 0 Å². The van der Waals surface area contributed by atoms with Crippen molar-refractivity contribution in [1.29, 1.82) is 0 Å². The Morgan fingerprint density at radius 2 is 2.22 bits per heavy atom. The zero-order chi connectivity index (χ0) is 13.7. The number of nitrogens with zero attached hydrogens (tertiary/aromatic N) is 1. The zero-order valence-corrected chi connectivity index (χ0v) is 10.6. The van der Waals surface area contributed by atoms with Crippen LogP contribution in [0.5, 0.6) is 5.75 Å². The first-order valence-electron chi connectivity index (χ1n) is 5.62. The Kier molecular flexibility index (Phi) is 4.65. The number of carbonyl (C=O) groups is 1. The Balaban J connectivity index is 3.02. The Hall–Kier alpha value is -2.11. The first-order valence-corrected chi connectivity index (χ1v) is 5.62. The highest BCUT2D eigenvalue weighted by atomic mass is 16.6. The van der Waals surface area contributed by atoms with Gasteiger partial charge in [0.15, 0.2) is 0 Å². The molecule has 1 unspecified atom stereocenters. The van der Waals surface area contributed by atoms with Crippen molar-refractivity contribution in [1.82, 2.24) is 5.32 Å². The van der Waals surface area contributed by atoms with E-state index in [1.807, 2.05) is 13.8 Å². The highest BCUT2D eigenvalue weighted by Crippen LogP contribution is 2.24. The molecule has 0 heterocycles. The number of rotatable bonds is 5. The number of methoxy groups -OCH3 is 1. The van der Waals surface area contributed by atoms with Crippen LogP contribution in [0.4, 0.5) is 5.69 Å². The molecule has 1 atom stereocenters. The summed E-state index contributed by atoms with van der Waals surface area (Å²) in [4.78, 5) is 22.0. The molecule has 0 saturated carbocycles. The Labute approximate surface area is 105 Å². The molecule has 0 aromatic heterocycles. The van der Waals surface area contributed by atoms with Gasteiger partial charge in [-0.1, -0.05) is 6.92 Å². The second-order valence-electron chi connectivity index (χ2n) is 3.92. The van der Waals surface area contributed by atoms with E-state index < -0.39 is 4.92 Å². The first-order chi connectivity index (χ1) is 8.49. The molecular formula is C12H16N2O4. The SMILES string of the molecule is CCC(C)NC(=O)c1ccc([N+](=O)[O-])cc1OC. The van der Waals surface area contributed by atoms with Gasteiger partial charge in [-0.3, -0.25) is 14.9 Å². The minimum atomic E-state index is -0.529. The molecule has 0 radical (unpaired) electrons. The van der Waals surface area contributed by atoms with Gasteiger partial charge in [-0.05, 0) is 19.4 Å². The first kappa shape index (κ1) is 14.0. The minimum Gasteiger partial charge on any atom is -0.496 e. The molecule has 18 heavy (non-hydrogen) atoms. The zero-order valence-electron chi connectivity index (χ0n) is 10.6. The van der Waals surface area contributed by atoms with E-state index in [2.05, 4.69) is 5.32 Å². The van der Waals surface area contributed by atoms with E-state index in [0.717, 1.165) is 6.42 Å². The fourth-order valence-electron chi connectivity index (χ4n) is 1.38. The summed E-state index contributed by atoms with van der Waals surface area (Å²) in [6, 6.07) is 3.96. The van der Waals surface area contributed by atoms with Gasteiger partial charge in [-0.2, -0.15) is 0 Å². The second-order valence-corrected chi connectivity index (χ2v) is 3.92. The molecule has 6 heteroatoms. The van der Waals surface area contributed by atoms with Crippen molar-refractivity contribution in [2.75, 3.05) is 7.11 Å². The summed E-state index contributed by atoms with van der Waals surface area (Å²) >= 11 is 0. The normalized spacial score (nSPS) is 11.7. The van der Waals surface area contributed by atoms with Crippen molar-refractivity contribution in [2.45, 2.75) is 26.3 Å². The topological polar surface area (TPSA) is 81.5 Å². The third kappa shape index (κ3) is 3.19. The van der Waals surface area contributed by atoms with Crippen molar-refractivity contribution in [2.24, 2.45) is 0 Å². The summed E-state index contributed by atoms with van der Waals surface area (Å²) in [5, 5.41) is 13.4. The van der Waals surface area contributed by atoms with Gasteiger partial charge < -0.3 is 10.1 Å². The van der Waals surface area contributed by atoms with Gasteiger partial charge in [0, 0.05) is 12.1 Å². The van der Waals surface area contributed by atoms with Gasteiger partial charge in [-0.15, -0.1) is 0 Å². The van der Waals surface area contributed by atoms with E-state index >= 15 is 0 Å². The van der Waals surface area contributed by atoms with E-state index in [0.29, 0.717) is 5.56 Å². The van der Waals surface area contributed by atoms with Crippen molar-refractivity contribution in [3.63, 3.8) is 0 Å². The Morgan fingerprint density at radius 1 is 1.56 bits per heavy atom. The van der Waals surface area contributed by atoms with Crippen molar-refractivity contribution in [3.05, 3.63) is 33.9 Å². The van der Waals surface area contributed by atoms with Gasteiger partial charge in [0.05, 0.1) is 23.7 Å². The molecule has 0 aliphatic carbocycles. The summed E-state index contributed by atoms with van der Waals surface area (Å²) in [6.45, 7) is 3.84. The van der Waals surface area contributed by atoms with Crippen LogP contribution in [0.25, 0.3) is 0 Å². The molecule has 1 rings (SSSR count). The van der Waals surface area contributed by atoms with Gasteiger partial charge in [0.2, 0.25) is 0 Å². The molecule has 1 N–H and O–H groups in total. The number of ether oxygens (including phenoxy) is 1. The van der Waals surface area contributed by atoms with Gasteiger partial charge in [-0.25, -0.2) is 0 Å². The molecule has 0 spiro atoms. The van der Waals surface area contributed by atoms with Crippen molar-refractivity contribution in [3.8, 4) is 5.75 Å². The number of benzene rings is 1. The van der Waals surface area contributed by atoms with E-state index in [9.17, 15) is 14.9 Å². The monoisotopic (exact) mass is 252 g/mol. The number of carbonyl (C=O) groups excluding carboxylic acids is 1. The summed E-state index contributed by atoms with van der Waals surface area (Å²) < 4.78 is 5.01. The summed E-state index contributed by atoms with van der Waals surface area (Å²) in [5.41, 5.74) is 0.190. The highest BCUT2D eigenvalue weighted by Gasteiger charge is 2.17. The maximum Gasteiger partial charge on any atom is 0.273 e. The van der Waals surface area contributed by atoms with Crippen LogP contribution in [-0.2, 0) is 0 Å². The van der Waals surface area contributed by atoms with Crippen LogP contribution in [0.15, 0.2) is 18.2 Å². The van der Waals surface area contributed by atoms with E-state index in [1.165, 1.54) is 25.3 Å². The third-order valence-corrected chi connectivity index (χ3v) is 2.63. The molecule has 6 nitrogen and oxygen atoms in total. The molecule has 1 amide bonds. The number of non-ortho nitro benzene ring substituents is 1. The molecule has 0 fully saturated rings. The van der Waals surface area contributed by atoms with Crippen LogP contribution >= 0.6 is 0 Å². The number of hydrogen-bond donors (Lipinski definition) is 1. The molecule has 0 saturated heterocycles. The molecule has 1 aromatic rings. The predicted molar refractivity (Wildman–Crippen MR) is 66.9 cm³/mol. The number of amides is 1. The van der Waals surface area contributed by atoms with Crippen LogP contribution in [0, 0.1) is 10.1 Å². The summed E-state index contributed by atoms with van der Waals surface area (Å²) in [7, 11) is 1.37. The lowest BCUT2D eigenvalue weighted by Crippen LogP contribution is -2.32. The average Bonchev–Trinajstić information content (AvgIpc) is 2.37. The number of nitrogens with one attached hydrogen (secondary N) is 1. The van der Waals surface area contributed by atoms with E-state index in [-0.39, 0.29) is 23.4 Å². The average molecular weight is 252 g/mol. The van der Waals surface area contributed by atoms with Crippen molar-refractivity contribution >= 4 is 11.6 Å². The predicted octanol–water partition coefficient (Wildman–Crippen LogP) is 2.13. The van der Waals surface area contributed by atoms with Gasteiger partial charge in [0.25, 0.3) is 11.6 Å².